The molecule has 0 aliphatic carbocycles. The van der Waals surface area contributed by atoms with Crippen LogP contribution in [0.15, 0.2) is 46.7 Å². The van der Waals surface area contributed by atoms with Gasteiger partial charge >= 0.3 is 0 Å². The Kier molecular flexibility index (Phi) is 5.56. The Morgan fingerprint density at radius 3 is 2.72 bits per heavy atom. The molecule has 0 spiro atoms. The zero-order chi connectivity index (χ0) is 17.9. The summed E-state index contributed by atoms with van der Waals surface area (Å²) in [5.41, 5.74) is 1.02. The number of thiophene rings is 1. The number of nitrogens with one attached hydrogen (secondary N) is 1. The molecule has 1 aliphatic rings. The highest BCUT2D eigenvalue weighted by atomic mass is 32.2. The highest BCUT2D eigenvalue weighted by Crippen LogP contribution is 2.24. The Hall–Kier alpha value is -1.70. The fraction of sp³-hybridized carbons (Fsp3) is 0.389. The lowest BCUT2D eigenvalue weighted by atomic mass is 9.99. The van der Waals surface area contributed by atoms with E-state index in [1.54, 1.807) is 35.6 Å². The smallest absolute Gasteiger partial charge is 0.243 e. The van der Waals surface area contributed by atoms with E-state index in [1.165, 1.54) is 4.31 Å². The lowest BCUT2D eigenvalue weighted by Crippen LogP contribution is -2.45. The van der Waals surface area contributed by atoms with E-state index in [0.717, 1.165) is 16.9 Å². The molecule has 2 heterocycles. The van der Waals surface area contributed by atoms with E-state index in [9.17, 15) is 13.2 Å². The van der Waals surface area contributed by atoms with Gasteiger partial charge < -0.3 is 5.32 Å². The van der Waals surface area contributed by atoms with Gasteiger partial charge in [0.1, 0.15) is 0 Å². The molecule has 1 N–H and O–H groups in total. The van der Waals surface area contributed by atoms with Gasteiger partial charge in [0.25, 0.3) is 0 Å². The van der Waals surface area contributed by atoms with Crippen molar-refractivity contribution in [2.75, 3.05) is 13.1 Å². The van der Waals surface area contributed by atoms with Crippen LogP contribution in [0.25, 0.3) is 0 Å². The average Bonchev–Trinajstić information content (AvgIpc) is 3.14. The molecule has 1 unspecified atom stereocenters. The number of carbonyl (C=O) groups is 1. The largest absolute Gasteiger partial charge is 0.351 e. The number of nitrogens with zero attached hydrogens (tertiary/aromatic N) is 1. The maximum absolute atomic E-state index is 12.8. The molecule has 5 nitrogen and oxygen atoms in total. The number of hydrogen-bond acceptors (Lipinski definition) is 4. The SMILES string of the molecule is Cc1ccc(S(=O)(=O)N2CCCC(C(=O)NCc3cccs3)C2)cc1. The molecule has 1 atom stereocenters. The summed E-state index contributed by atoms with van der Waals surface area (Å²) < 4.78 is 27.1. The van der Waals surface area contributed by atoms with E-state index < -0.39 is 10.0 Å². The molecule has 25 heavy (non-hydrogen) atoms. The molecule has 1 aromatic heterocycles. The summed E-state index contributed by atoms with van der Waals surface area (Å²) in [7, 11) is -3.55. The number of hydrogen-bond donors (Lipinski definition) is 1. The quantitative estimate of drug-likeness (QED) is 0.870. The number of amides is 1. The predicted octanol–water partition coefficient (Wildman–Crippen LogP) is 2.77. The van der Waals surface area contributed by atoms with Gasteiger partial charge in [-0.15, -0.1) is 11.3 Å². The summed E-state index contributed by atoms with van der Waals surface area (Å²) in [6.07, 6.45) is 1.42. The van der Waals surface area contributed by atoms with Crippen molar-refractivity contribution in [1.82, 2.24) is 9.62 Å². The second kappa shape index (κ2) is 7.68. The zero-order valence-electron chi connectivity index (χ0n) is 14.1. The molecule has 1 fully saturated rings. The lowest BCUT2D eigenvalue weighted by molar-refractivity contribution is -0.126. The van der Waals surface area contributed by atoms with Gasteiger partial charge in [-0.25, -0.2) is 8.42 Å². The molecule has 0 saturated carbocycles. The van der Waals surface area contributed by atoms with Crippen LogP contribution in [0.4, 0.5) is 0 Å². The standard InChI is InChI=1S/C18H22N2O3S2/c1-14-6-8-17(9-7-14)25(22,23)20-10-2-4-15(13-20)18(21)19-12-16-5-3-11-24-16/h3,5-9,11,15H,2,4,10,12-13H2,1H3,(H,19,21). The fourth-order valence-electron chi connectivity index (χ4n) is 2.97. The molecule has 0 radical (unpaired) electrons. The van der Waals surface area contributed by atoms with E-state index >= 15 is 0 Å². The molecule has 7 heteroatoms. The van der Waals surface area contributed by atoms with Gasteiger partial charge in [-0.2, -0.15) is 4.31 Å². The first-order chi connectivity index (χ1) is 12.0. The van der Waals surface area contributed by atoms with E-state index in [2.05, 4.69) is 5.32 Å². The van der Waals surface area contributed by atoms with Crippen LogP contribution < -0.4 is 5.32 Å². The van der Waals surface area contributed by atoms with Crippen molar-refractivity contribution < 1.29 is 13.2 Å². The van der Waals surface area contributed by atoms with E-state index in [-0.39, 0.29) is 23.3 Å². The van der Waals surface area contributed by atoms with Crippen molar-refractivity contribution in [3.8, 4) is 0 Å². The van der Waals surface area contributed by atoms with Crippen LogP contribution in [0.2, 0.25) is 0 Å². The normalized spacial score (nSPS) is 18.8. The van der Waals surface area contributed by atoms with Gasteiger partial charge in [-0.3, -0.25) is 4.79 Å². The number of rotatable bonds is 5. The molecule has 3 rings (SSSR count). The lowest BCUT2D eigenvalue weighted by Gasteiger charge is -2.31. The van der Waals surface area contributed by atoms with Gasteiger partial charge in [0.05, 0.1) is 17.4 Å². The van der Waals surface area contributed by atoms with Gasteiger partial charge in [0.15, 0.2) is 0 Å². The molecule has 2 aromatic rings. The zero-order valence-corrected chi connectivity index (χ0v) is 15.8. The Morgan fingerprint density at radius 1 is 1.28 bits per heavy atom. The summed E-state index contributed by atoms with van der Waals surface area (Å²) in [6, 6.07) is 10.8. The van der Waals surface area contributed by atoms with Crippen LogP contribution in [-0.2, 0) is 21.4 Å². The van der Waals surface area contributed by atoms with Crippen molar-refractivity contribution in [3.63, 3.8) is 0 Å². The van der Waals surface area contributed by atoms with Gasteiger partial charge in [0.2, 0.25) is 15.9 Å². The van der Waals surface area contributed by atoms with Crippen molar-refractivity contribution in [1.29, 1.82) is 0 Å². The molecule has 1 aromatic carbocycles. The first-order valence-electron chi connectivity index (χ1n) is 8.34. The van der Waals surface area contributed by atoms with E-state index in [0.29, 0.717) is 19.5 Å². The molecule has 1 amide bonds. The number of aryl methyl sites for hydroxylation is 1. The van der Waals surface area contributed by atoms with Crippen LogP contribution in [0.3, 0.4) is 0 Å². The summed E-state index contributed by atoms with van der Waals surface area (Å²) in [6.45, 7) is 3.13. The molecular formula is C18H22N2O3S2. The average molecular weight is 379 g/mol. The van der Waals surface area contributed by atoms with Crippen molar-refractivity contribution in [3.05, 3.63) is 52.2 Å². The maximum Gasteiger partial charge on any atom is 0.243 e. The van der Waals surface area contributed by atoms with Crippen LogP contribution in [0, 0.1) is 12.8 Å². The summed E-state index contributed by atoms with van der Waals surface area (Å²) in [4.78, 5) is 13.8. The number of benzene rings is 1. The Labute approximate surface area is 152 Å². The summed E-state index contributed by atoms with van der Waals surface area (Å²) in [5, 5.41) is 4.89. The van der Waals surface area contributed by atoms with E-state index in [4.69, 9.17) is 0 Å². The minimum Gasteiger partial charge on any atom is -0.351 e. The second-order valence-electron chi connectivity index (χ2n) is 6.31. The Morgan fingerprint density at radius 2 is 2.04 bits per heavy atom. The van der Waals surface area contributed by atoms with Crippen LogP contribution >= 0.6 is 11.3 Å². The topological polar surface area (TPSA) is 66.5 Å². The van der Waals surface area contributed by atoms with Crippen LogP contribution in [0.5, 0.6) is 0 Å². The third-order valence-electron chi connectivity index (χ3n) is 4.43. The first-order valence-corrected chi connectivity index (χ1v) is 10.7. The minimum atomic E-state index is -3.55. The van der Waals surface area contributed by atoms with Gasteiger partial charge in [-0.05, 0) is 43.3 Å². The summed E-state index contributed by atoms with van der Waals surface area (Å²) >= 11 is 1.59. The molecule has 134 valence electrons. The van der Waals surface area contributed by atoms with Crippen LogP contribution in [-0.4, -0.2) is 31.7 Å². The molecule has 0 bridgehead atoms. The monoisotopic (exact) mass is 378 g/mol. The maximum atomic E-state index is 12.8. The minimum absolute atomic E-state index is 0.0720. The number of piperidine rings is 1. The number of carbonyl (C=O) groups excluding carboxylic acids is 1. The van der Waals surface area contributed by atoms with Crippen molar-refractivity contribution in [2.45, 2.75) is 31.2 Å². The van der Waals surface area contributed by atoms with Gasteiger partial charge in [0, 0.05) is 18.0 Å². The third-order valence-corrected chi connectivity index (χ3v) is 7.19. The Bertz CT molecular complexity index is 815. The fourth-order valence-corrected chi connectivity index (χ4v) is 5.13. The summed E-state index contributed by atoms with van der Waals surface area (Å²) in [5.74, 6) is -0.369. The predicted molar refractivity (Wildman–Crippen MR) is 98.8 cm³/mol. The first kappa shape index (κ1) is 18.1. The molecule has 1 saturated heterocycles. The Balaban J connectivity index is 1.65. The molecule has 1 aliphatic heterocycles. The highest BCUT2D eigenvalue weighted by Gasteiger charge is 2.33. The van der Waals surface area contributed by atoms with Crippen LogP contribution in [0.1, 0.15) is 23.3 Å². The molecular weight excluding hydrogens is 356 g/mol. The third kappa shape index (κ3) is 4.29. The van der Waals surface area contributed by atoms with E-state index in [1.807, 2.05) is 24.4 Å². The number of sulfonamides is 1. The second-order valence-corrected chi connectivity index (χ2v) is 9.28. The van der Waals surface area contributed by atoms with Crippen molar-refractivity contribution in [2.24, 2.45) is 5.92 Å². The van der Waals surface area contributed by atoms with Gasteiger partial charge in [-0.1, -0.05) is 23.8 Å². The van der Waals surface area contributed by atoms with Crippen molar-refractivity contribution >= 4 is 27.3 Å². The highest BCUT2D eigenvalue weighted by molar-refractivity contribution is 7.89.